The molecule has 5 nitrogen and oxygen atoms in total. The number of hydrogen-bond donors (Lipinski definition) is 2. The SMILES string of the molecule is O.O=S(=O)(O)O.[Ca+2].[H-].[H-].[Zr]. The van der Waals surface area contributed by atoms with E-state index in [9.17, 15) is 0 Å². The summed E-state index contributed by atoms with van der Waals surface area (Å²) in [7, 11) is -4.67. The van der Waals surface area contributed by atoms with Gasteiger partial charge in [-0.1, -0.05) is 0 Å². The van der Waals surface area contributed by atoms with Crippen LogP contribution in [0.2, 0.25) is 0 Å². The molecule has 0 aromatic heterocycles. The van der Waals surface area contributed by atoms with Crippen molar-refractivity contribution in [3.63, 3.8) is 0 Å². The van der Waals surface area contributed by atoms with Crippen molar-refractivity contribution in [3.05, 3.63) is 0 Å². The zero-order valence-corrected chi connectivity index (χ0v) is 9.31. The summed E-state index contributed by atoms with van der Waals surface area (Å²) < 4.78 is 31.6. The first kappa shape index (κ1) is 22.5. The van der Waals surface area contributed by atoms with E-state index in [1.54, 1.807) is 0 Å². The second kappa shape index (κ2) is 8.97. The van der Waals surface area contributed by atoms with Crippen LogP contribution in [0.5, 0.6) is 0 Å². The van der Waals surface area contributed by atoms with E-state index in [0.717, 1.165) is 0 Å². The standard InChI is InChI=1S/Ca.H2O4S.H2O.Zr.2H/c;1-5(2,3)4;;;;/h;(H2,1,2,3,4);1H2;;;/q+2;;;;2*-1. The van der Waals surface area contributed by atoms with E-state index in [0.29, 0.717) is 0 Å². The molecule has 0 unspecified atom stereocenters. The van der Waals surface area contributed by atoms with Crippen LogP contribution in [0.3, 0.4) is 0 Å². The molecule has 0 aliphatic heterocycles. The minimum atomic E-state index is -4.67. The molecule has 8 heavy (non-hydrogen) atoms. The summed E-state index contributed by atoms with van der Waals surface area (Å²) in [6.45, 7) is 0. The molecule has 0 aromatic rings. The van der Waals surface area contributed by atoms with Crippen molar-refractivity contribution in [2.24, 2.45) is 0 Å². The summed E-state index contributed by atoms with van der Waals surface area (Å²) in [5.74, 6) is 0. The van der Waals surface area contributed by atoms with Gasteiger partial charge in [-0.3, -0.25) is 9.11 Å². The predicted molar refractivity (Wildman–Crippen MR) is 25.8 cm³/mol. The molecule has 4 N–H and O–H groups in total. The first-order valence-corrected chi connectivity index (χ1v) is 2.10. The van der Waals surface area contributed by atoms with Gasteiger partial charge < -0.3 is 8.33 Å². The van der Waals surface area contributed by atoms with Gasteiger partial charge >= 0.3 is 48.1 Å². The molecule has 0 aliphatic rings. The molecule has 0 radical (unpaired) electrons. The van der Waals surface area contributed by atoms with Crippen molar-refractivity contribution in [2.75, 3.05) is 0 Å². The van der Waals surface area contributed by atoms with Crippen LogP contribution in [0.15, 0.2) is 0 Å². The van der Waals surface area contributed by atoms with Crippen LogP contribution in [0.4, 0.5) is 0 Å². The van der Waals surface area contributed by atoms with Crippen molar-refractivity contribution >= 4 is 48.1 Å². The van der Waals surface area contributed by atoms with Crippen molar-refractivity contribution < 1.29 is 52.1 Å². The molecule has 0 heterocycles. The molecule has 0 amide bonds. The molecular formula is H6CaO5SZr. The Balaban J connectivity index is -0.00000000800. The van der Waals surface area contributed by atoms with E-state index in [1.165, 1.54) is 0 Å². The fourth-order valence-electron chi connectivity index (χ4n) is 0. The van der Waals surface area contributed by atoms with Gasteiger partial charge in [-0.2, -0.15) is 8.42 Å². The van der Waals surface area contributed by atoms with Gasteiger partial charge in [-0.05, 0) is 0 Å². The predicted octanol–water partition coefficient (Wildman–Crippen LogP) is -1.64. The summed E-state index contributed by atoms with van der Waals surface area (Å²) >= 11 is 0. The molecule has 48 valence electrons. The number of hydrogen-bond acceptors (Lipinski definition) is 2. The van der Waals surface area contributed by atoms with Crippen LogP contribution in [-0.4, -0.2) is 60.7 Å². The maximum Gasteiger partial charge on any atom is 2.00 e. The van der Waals surface area contributed by atoms with Crippen LogP contribution in [0, 0.1) is 0 Å². The second-order valence-corrected chi connectivity index (χ2v) is 1.34. The molecule has 0 spiro atoms. The van der Waals surface area contributed by atoms with E-state index in [4.69, 9.17) is 17.5 Å². The first-order chi connectivity index (χ1) is 2.00. The molecular weight excluding hydrogens is 243 g/mol. The number of rotatable bonds is 0. The van der Waals surface area contributed by atoms with Crippen molar-refractivity contribution in [1.29, 1.82) is 0 Å². The zero-order valence-electron chi connectivity index (χ0n) is 5.83. The summed E-state index contributed by atoms with van der Waals surface area (Å²) in [5.41, 5.74) is 0. The van der Waals surface area contributed by atoms with Crippen LogP contribution in [0.25, 0.3) is 0 Å². The minimum Gasteiger partial charge on any atom is -1.00 e. The maximum atomic E-state index is 8.74. The van der Waals surface area contributed by atoms with Crippen molar-refractivity contribution in [3.8, 4) is 0 Å². The van der Waals surface area contributed by atoms with E-state index >= 15 is 0 Å². The zero-order chi connectivity index (χ0) is 4.50. The topological polar surface area (TPSA) is 106 Å². The molecule has 0 bridgehead atoms. The van der Waals surface area contributed by atoms with E-state index in [1.807, 2.05) is 0 Å². The Kier molecular flexibility index (Phi) is 25.2. The average Bonchev–Trinajstić information content (AvgIpc) is 0.722. The van der Waals surface area contributed by atoms with Crippen LogP contribution < -0.4 is 0 Å². The Hall–Kier alpha value is 1.97. The Labute approximate surface area is 98.8 Å². The molecule has 0 saturated heterocycles. The van der Waals surface area contributed by atoms with Crippen LogP contribution in [0.1, 0.15) is 2.85 Å². The van der Waals surface area contributed by atoms with E-state index in [2.05, 4.69) is 0 Å². The second-order valence-electron chi connectivity index (χ2n) is 0.448. The molecule has 0 rings (SSSR count). The summed E-state index contributed by atoms with van der Waals surface area (Å²) in [4.78, 5) is 0. The summed E-state index contributed by atoms with van der Waals surface area (Å²) in [6, 6.07) is 0. The van der Waals surface area contributed by atoms with Gasteiger partial charge in [0.2, 0.25) is 0 Å². The Bertz CT molecular complexity index is 103. The monoisotopic (exact) mass is 248 g/mol. The van der Waals surface area contributed by atoms with Crippen LogP contribution in [-0.2, 0) is 36.6 Å². The minimum absolute atomic E-state index is 0. The summed E-state index contributed by atoms with van der Waals surface area (Å²) in [6.07, 6.45) is 0. The molecule has 0 saturated carbocycles. The van der Waals surface area contributed by atoms with E-state index < -0.39 is 10.4 Å². The molecule has 0 fully saturated rings. The Morgan fingerprint density at radius 2 is 1.25 bits per heavy atom. The maximum absolute atomic E-state index is 8.74. The van der Waals surface area contributed by atoms with Gasteiger partial charge in [0.1, 0.15) is 0 Å². The van der Waals surface area contributed by atoms with Gasteiger partial charge in [0.05, 0.1) is 0 Å². The first-order valence-electron chi connectivity index (χ1n) is 0.698. The van der Waals surface area contributed by atoms with Crippen molar-refractivity contribution in [2.45, 2.75) is 0 Å². The fourth-order valence-corrected chi connectivity index (χ4v) is 0. The average molecular weight is 249 g/mol. The Morgan fingerprint density at radius 1 is 1.25 bits per heavy atom. The Morgan fingerprint density at radius 3 is 1.25 bits per heavy atom. The molecule has 0 atom stereocenters. The quantitative estimate of drug-likeness (QED) is 0.397. The third-order valence-corrected chi connectivity index (χ3v) is 0. The van der Waals surface area contributed by atoms with Gasteiger partial charge in [-0.25, -0.2) is 0 Å². The van der Waals surface area contributed by atoms with Gasteiger partial charge in [0.25, 0.3) is 0 Å². The molecule has 0 aliphatic carbocycles. The largest absolute Gasteiger partial charge is 2.00 e. The fraction of sp³-hybridized carbons (Fsp3) is 0. The molecule has 8 heteroatoms. The van der Waals surface area contributed by atoms with Crippen LogP contribution >= 0.6 is 0 Å². The van der Waals surface area contributed by atoms with Gasteiger partial charge in [0.15, 0.2) is 0 Å². The summed E-state index contributed by atoms with van der Waals surface area (Å²) in [5, 5.41) is 0. The molecule has 0 aromatic carbocycles. The smallest absolute Gasteiger partial charge is 1.00 e. The van der Waals surface area contributed by atoms with Gasteiger partial charge in [-0.15, -0.1) is 0 Å². The van der Waals surface area contributed by atoms with Gasteiger partial charge in [0, 0.05) is 26.2 Å². The van der Waals surface area contributed by atoms with E-state index in [-0.39, 0.29) is 72.3 Å². The third kappa shape index (κ3) is 99.6. The third-order valence-electron chi connectivity index (χ3n) is 0. The normalized spacial score (nSPS) is 7.25. The van der Waals surface area contributed by atoms with Crippen molar-refractivity contribution in [1.82, 2.24) is 0 Å².